The number of allylic oxidation sites excluding steroid dienone is 2. The number of carbonyl (C=O) groups excluding carboxylic acids is 1. The van der Waals surface area contributed by atoms with Gasteiger partial charge in [0.05, 0.1) is 34.9 Å². The van der Waals surface area contributed by atoms with Gasteiger partial charge < -0.3 is 20.4 Å². The van der Waals surface area contributed by atoms with Gasteiger partial charge in [-0.25, -0.2) is 14.5 Å². The van der Waals surface area contributed by atoms with Crippen LogP contribution in [-0.2, 0) is 0 Å². The zero-order valence-corrected chi connectivity index (χ0v) is 19.0. The molecule has 2 fully saturated rings. The maximum absolute atomic E-state index is 12.9. The highest BCUT2D eigenvalue weighted by Gasteiger charge is 2.47. The molecular formula is C24H28N8O. The highest BCUT2D eigenvalue weighted by Crippen LogP contribution is 2.37. The van der Waals surface area contributed by atoms with E-state index in [1.165, 1.54) is 5.57 Å². The van der Waals surface area contributed by atoms with Crippen LogP contribution >= 0.6 is 0 Å². The van der Waals surface area contributed by atoms with Crippen LogP contribution in [0.2, 0.25) is 0 Å². The first-order chi connectivity index (χ1) is 16.0. The lowest BCUT2D eigenvalue weighted by atomic mass is 9.74. The number of anilines is 3. The molecule has 3 aromatic heterocycles. The number of nitrogens with one attached hydrogen (secondary N) is 2. The van der Waals surface area contributed by atoms with Crippen LogP contribution < -0.4 is 15.5 Å². The van der Waals surface area contributed by atoms with Crippen LogP contribution in [-0.4, -0.2) is 70.7 Å². The molecule has 1 amide bonds. The topological polar surface area (TPSA) is 90.7 Å². The second-order valence-corrected chi connectivity index (χ2v) is 9.63. The third-order valence-electron chi connectivity index (χ3n) is 6.90. The van der Waals surface area contributed by atoms with Gasteiger partial charge in [-0.1, -0.05) is 6.08 Å². The first-order valence-corrected chi connectivity index (χ1v) is 11.5. The summed E-state index contributed by atoms with van der Waals surface area (Å²) < 4.78 is 1.84. The van der Waals surface area contributed by atoms with Gasteiger partial charge >= 0.3 is 0 Å². The van der Waals surface area contributed by atoms with Crippen molar-refractivity contribution in [3.63, 3.8) is 0 Å². The van der Waals surface area contributed by atoms with E-state index in [9.17, 15) is 4.79 Å². The summed E-state index contributed by atoms with van der Waals surface area (Å²) in [5.41, 5.74) is 5.12. The van der Waals surface area contributed by atoms with Gasteiger partial charge in [0.2, 0.25) is 5.95 Å². The van der Waals surface area contributed by atoms with E-state index in [2.05, 4.69) is 37.6 Å². The van der Waals surface area contributed by atoms with Crippen molar-refractivity contribution in [3.05, 3.63) is 47.9 Å². The molecule has 0 bridgehead atoms. The summed E-state index contributed by atoms with van der Waals surface area (Å²) in [6.07, 6.45) is 8.94. The van der Waals surface area contributed by atoms with Crippen molar-refractivity contribution in [2.24, 2.45) is 5.41 Å². The van der Waals surface area contributed by atoms with Gasteiger partial charge in [-0.05, 0) is 43.0 Å². The summed E-state index contributed by atoms with van der Waals surface area (Å²) in [5, 5.41) is 11.3. The average molecular weight is 445 g/mol. The fourth-order valence-corrected chi connectivity index (χ4v) is 5.03. The molecule has 3 aromatic rings. The Hall–Kier alpha value is -3.46. The lowest BCUT2D eigenvalue weighted by molar-refractivity contribution is 0.0827. The lowest BCUT2D eigenvalue weighted by Gasteiger charge is -2.57. The van der Waals surface area contributed by atoms with E-state index in [-0.39, 0.29) is 5.91 Å². The molecule has 170 valence electrons. The Morgan fingerprint density at radius 3 is 2.67 bits per heavy atom. The first kappa shape index (κ1) is 20.2. The van der Waals surface area contributed by atoms with Gasteiger partial charge in [-0.15, -0.1) is 5.10 Å². The molecule has 0 unspecified atom stereocenters. The molecule has 2 aliphatic heterocycles. The molecule has 1 aliphatic carbocycles. The molecule has 0 saturated carbocycles. The standard InChI is InChI=1S/C24H28N8O/c1-30(2)22(33)19-9-18-11-27-23(29-32(18)21(19)16-5-3-4-6-16)28-20-8-7-17(10-26-20)31-14-24(15-31)12-25-13-24/h5,7-11,25H,3-4,6,12-15H2,1-2H3,(H,26,28,29). The van der Waals surface area contributed by atoms with E-state index < -0.39 is 0 Å². The van der Waals surface area contributed by atoms with Crippen LogP contribution in [0.5, 0.6) is 0 Å². The van der Waals surface area contributed by atoms with Gasteiger partial charge in [-0.2, -0.15) is 0 Å². The largest absolute Gasteiger partial charge is 0.369 e. The van der Waals surface area contributed by atoms with E-state index in [4.69, 9.17) is 5.10 Å². The predicted octanol–water partition coefficient (Wildman–Crippen LogP) is 2.55. The van der Waals surface area contributed by atoms with Gasteiger partial charge in [0.1, 0.15) is 5.82 Å². The number of hydrogen-bond donors (Lipinski definition) is 2. The summed E-state index contributed by atoms with van der Waals surface area (Å²) in [6, 6.07) is 5.93. The number of carbonyl (C=O) groups is 1. The van der Waals surface area contributed by atoms with E-state index in [0.717, 1.165) is 62.3 Å². The minimum atomic E-state index is -0.0273. The molecule has 5 heterocycles. The fourth-order valence-electron chi connectivity index (χ4n) is 5.03. The van der Waals surface area contributed by atoms with Crippen LogP contribution in [0.25, 0.3) is 11.1 Å². The van der Waals surface area contributed by atoms with Gasteiger partial charge in [0, 0.05) is 45.7 Å². The van der Waals surface area contributed by atoms with Crippen LogP contribution in [0.15, 0.2) is 36.7 Å². The van der Waals surface area contributed by atoms with Crippen LogP contribution in [0.3, 0.4) is 0 Å². The molecule has 0 radical (unpaired) electrons. The van der Waals surface area contributed by atoms with Crippen molar-refractivity contribution in [2.75, 3.05) is 50.5 Å². The van der Waals surface area contributed by atoms with Crippen molar-refractivity contribution >= 4 is 34.5 Å². The maximum Gasteiger partial charge on any atom is 0.255 e. The minimum Gasteiger partial charge on any atom is -0.369 e. The molecule has 0 aromatic carbocycles. The summed E-state index contributed by atoms with van der Waals surface area (Å²) in [4.78, 5) is 25.9. The van der Waals surface area contributed by atoms with Crippen molar-refractivity contribution in [2.45, 2.75) is 19.3 Å². The second kappa shape index (κ2) is 7.55. The Balaban J connectivity index is 1.26. The van der Waals surface area contributed by atoms with Crippen LogP contribution in [0.4, 0.5) is 17.5 Å². The van der Waals surface area contributed by atoms with E-state index >= 15 is 0 Å². The Bertz CT molecular complexity index is 1250. The molecule has 2 N–H and O–H groups in total. The molecule has 0 atom stereocenters. The average Bonchev–Trinajstić information content (AvgIpc) is 3.39. The molecule has 33 heavy (non-hydrogen) atoms. The van der Waals surface area contributed by atoms with E-state index in [1.54, 1.807) is 25.2 Å². The lowest BCUT2D eigenvalue weighted by Crippen LogP contribution is -2.71. The van der Waals surface area contributed by atoms with Gasteiger partial charge in [-0.3, -0.25) is 4.79 Å². The Labute approximate surface area is 192 Å². The summed E-state index contributed by atoms with van der Waals surface area (Å²) in [7, 11) is 3.54. The van der Waals surface area contributed by atoms with Crippen molar-refractivity contribution in [3.8, 4) is 0 Å². The maximum atomic E-state index is 12.9. The third-order valence-corrected chi connectivity index (χ3v) is 6.90. The zero-order chi connectivity index (χ0) is 22.6. The number of rotatable bonds is 5. The number of hydrogen-bond acceptors (Lipinski definition) is 7. The SMILES string of the molecule is CN(C)C(=O)c1cc2cnc(Nc3ccc(N4CC5(CNC5)C4)cn3)nn2c1C1=CCCC1. The number of fused-ring (bicyclic) bond motifs is 1. The molecule has 2 saturated heterocycles. The van der Waals surface area contributed by atoms with Gasteiger partial charge in [0.25, 0.3) is 5.91 Å². The second-order valence-electron chi connectivity index (χ2n) is 9.63. The van der Waals surface area contributed by atoms with Crippen molar-refractivity contribution in [1.29, 1.82) is 0 Å². The molecule has 1 spiro atoms. The Morgan fingerprint density at radius 2 is 2.03 bits per heavy atom. The first-order valence-electron chi connectivity index (χ1n) is 11.5. The molecule has 9 nitrogen and oxygen atoms in total. The monoisotopic (exact) mass is 444 g/mol. The highest BCUT2D eigenvalue weighted by molar-refractivity contribution is 6.00. The van der Waals surface area contributed by atoms with E-state index in [0.29, 0.717) is 22.7 Å². The van der Waals surface area contributed by atoms with Crippen molar-refractivity contribution < 1.29 is 4.79 Å². The number of amides is 1. The Kier molecular flexibility index (Phi) is 4.62. The predicted molar refractivity (Wildman–Crippen MR) is 128 cm³/mol. The third kappa shape index (κ3) is 3.43. The van der Waals surface area contributed by atoms with Crippen LogP contribution in [0, 0.1) is 5.41 Å². The van der Waals surface area contributed by atoms with Gasteiger partial charge in [0.15, 0.2) is 0 Å². The quantitative estimate of drug-likeness (QED) is 0.625. The number of pyridine rings is 1. The van der Waals surface area contributed by atoms with Crippen LogP contribution in [0.1, 0.15) is 35.3 Å². The summed E-state index contributed by atoms with van der Waals surface area (Å²) >= 11 is 0. The summed E-state index contributed by atoms with van der Waals surface area (Å²) in [5.74, 6) is 1.11. The minimum absolute atomic E-state index is 0.0273. The van der Waals surface area contributed by atoms with Crippen molar-refractivity contribution in [1.82, 2.24) is 29.8 Å². The summed E-state index contributed by atoms with van der Waals surface area (Å²) in [6.45, 7) is 4.43. The number of nitrogens with zero attached hydrogens (tertiary/aromatic N) is 6. The highest BCUT2D eigenvalue weighted by atomic mass is 16.2. The smallest absolute Gasteiger partial charge is 0.255 e. The fraction of sp³-hybridized carbons (Fsp3) is 0.417. The Morgan fingerprint density at radius 1 is 1.18 bits per heavy atom. The van der Waals surface area contributed by atoms with E-state index in [1.807, 2.05) is 22.8 Å². The molecule has 3 aliphatic rings. The molecular weight excluding hydrogens is 416 g/mol. The molecule has 9 heteroatoms. The molecule has 6 rings (SSSR count). The number of aromatic nitrogens is 4. The normalized spacial score (nSPS) is 18.7. The zero-order valence-electron chi connectivity index (χ0n) is 19.0.